The van der Waals surface area contributed by atoms with Gasteiger partial charge in [-0.05, 0) is 41.3 Å². The number of carbonyl (C=O) groups is 1. The van der Waals surface area contributed by atoms with E-state index in [-0.39, 0.29) is 24.9 Å². The van der Waals surface area contributed by atoms with Crippen LogP contribution in [0.5, 0.6) is 0 Å². The number of nitrogen functional groups attached to an aromatic ring is 1. The fourth-order valence-corrected chi connectivity index (χ4v) is 3.68. The molecule has 172 valence electrons. The van der Waals surface area contributed by atoms with Crippen LogP contribution in [0.2, 0.25) is 0 Å². The van der Waals surface area contributed by atoms with Crippen molar-refractivity contribution in [1.29, 1.82) is 5.41 Å². The first kappa shape index (κ1) is 24.4. The van der Waals surface area contributed by atoms with Gasteiger partial charge in [0.1, 0.15) is 17.5 Å². The maximum atomic E-state index is 15.1. The third-order valence-electron chi connectivity index (χ3n) is 5.12. The van der Waals surface area contributed by atoms with E-state index in [2.05, 4.69) is 5.32 Å². The molecule has 0 heterocycles. The summed E-state index contributed by atoms with van der Waals surface area (Å²) >= 11 is 5.96. The Bertz CT molecular complexity index is 1130. The molecule has 0 saturated carbocycles. The van der Waals surface area contributed by atoms with Crippen LogP contribution in [0.3, 0.4) is 0 Å². The predicted octanol–water partition coefficient (Wildman–Crippen LogP) is 5.05. The minimum atomic E-state index is -1.45. The molecule has 0 saturated heterocycles. The van der Waals surface area contributed by atoms with E-state index in [4.69, 9.17) is 27.5 Å². The van der Waals surface area contributed by atoms with E-state index in [9.17, 15) is 4.79 Å². The van der Waals surface area contributed by atoms with Gasteiger partial charge in [-0.3, -0.25) is 10.2 Å². The molecule has 3 aromatic carbocycles. The van der Waals surface area contributed by atoms with Crippen molar-refractivity contribution in [2.75, 3.05) is 6.61 Å². The first-order valence-electron chi connectivity index (χ1n) is 10.3. The van der Waals surface area contributed by atoms with Gasteiger partial charge in [-0.15, -0.1) is 11.6 Å². The van der Waals surface area contributed by atoms with Crippen LogP contribution in [0.4, 0.5) is 8.78 Å². The zero-order chi connectivity index (χ0) is 24.0. The summed E-state index contributed by atoms with van der Waals surface area (Å²) in [6.07, 6.45) is -1.45. The van der Waals surface area contributed by atoms with Crippen molar-refractivity contribution >= 4 is 23.3 Å². The number of benzene rings is 3. The largest absolute Gasteiger partial charge is 0.384 e. The molecule has 4 N–H and O–H groups in total. The van der Waals surface area contributed by atoms with Crippen LogP contribution in [0.1, 0.15) is 35.3 Å². The second-order valence-electron chi connectivity index (χ2n) is 7.31. The number of carbonyl (C=O) groups excluding carboxylic acids is 1. The third kappa shape index (κ3) is 5.74. The summed E-state index contributed by atoms with van der Waals surface area (Å²) in [6, 6.07) is 16.2. The Morgan fingerprint density at radius 1 is 1.12 bits per heavy atom. The van der Waals surface area contributed by atoms with Gasteiger partial charge in [0.05, 0.1) is 5.56 Å². The highest BCUT2D eigenvalue weighted by Crippen LogP contribution is 2.32. The van der Waals surface area contributed by atoms with Crippen molar-refractivity contribution < 1.29 is 18.3 Å². The number of halogens is 3. The number of nitrogens with two attached hydrogens (primary N) is 1. The molecule has 0 aliphatic carbocycles. The van der Waals surface area contributed by atoms with Crippen LogP contribution < -0.4 is 11.1 Å². The Kier molecular flexibility index (Phi) is 8.14. The van der Waals surface area contributed by atoms with Crippen molar-refractivity contribution in [3.8, 4) is 11.1 Å². The minimum Gasteiger partial charge on any atom is -0.384 e. The summed E-state index contributed by atoms with van der Waals surface area (Å²) < 4.78 is 35.6. The lowest BCUT2D eigenvalue weighted by atomic mass is 9.97. The van der Waals surface area contributed by atoms with E-state index < -0.39 is 29.2 Å². The second kappa shape index (κ2) is 11.0. The quantitative estimate of drug-likeness (QED) is 0.232. The highest BCUT2D eigenvalue weighted by molar-refractivity contribution is 6.17. The lowest BCUT2D eigenvalue weighted by Crippen LogP contribution is -2.31. The van der Waals surface area contributed by atoms with E-state index in [1.807, 2.05) is 0 Å². The number of nitrogens with one attached hydrogen (secondary N) is 2. The SMILES string of the molecule is CCO[C@H](C(=O)NCc1ccc(C(=N)N)cc1)c1c(F)cc(-c2ccccc2CCl)cc1F. The number of ether oxygens (including phenoxy) is 1. The van der Waals surface area contributed by atoms with Crippen LogP contribution in [0.15, 0.2) is 60.7 Å². The van der Waals surface area contributed by atoms with E-state index in [1.165, 1.54) is 12.1 Å². The summed E-state index contributed by atoms with van der Waals surface area (Å²) in [5.41, 5.74) is 7.95. The molecule has 3 rings (SSSR count). The molecular weight excluding hydrogens is 448 g/mol. The highest BCUT2D eigenvalue weighted by Gasteiger charge is 2.28. The summed E-state index contributed by atoms with van der Waals surface area (Å²) in [5, 5.41) is 10.1. The van der Waals surface area contributed by atoms with E-state index in [0.717, 1.165) is 11.1 Å². The van der Waals surface area contributed by atoms with Crippen LogP contribution in [0, 0.1) is 17.0 Å². The van der Waals surface area contributed by atoms with Crippen molar-refractivity contribution in [1.82, 2.24) is 5.32 Å². The molecule has 0 aliphatic heterocycles. The summed E-state index contributed by atoms with van der Waals surface area (Å²) in [4.78, 5) is 12.8. The topological polar surface area (TPSA) is 88.2 Å². The van der Waals surface area contributed by atoms with Gasteiger partial charge < -0.3 is 15.8 Å². The van der Waals surface area contributed by atoms with Gasteiger partial charge in [0.25, 0.3) is 5.91 Å². The predicted molar refractivity (Wildman–Crippen MR) is 125 cm³/mol. The second-order valence-corrected chi connectivity index (χ2v) is 7.58. The van der Waals surface area contributed by atoms with Crippen LogP contribution in [-0.4, -0.2) is 18.3 Å². The molecule has 0 fully saturated rings. The fraction of sp³-hybridized carbons (Fsp3) is 0.200. The normalized spacial score (nSPS) is 11.8. The molecule has 33 heavy (non-hydrogen) atoms. The number of amidine groups is 1. The summed E-state index contributed by atoms with van der Waals surface area (Å²) in [7, 11) is 0. The smallest absolute Gasteiger partial charge is 0.254 e. The van der Waals surface area contributed by atoms with Gasteiger partial charge in [0.15, 0.2) is 6.10 Å². The maximum absolute atomic E-state index is 15.1. The van der Waals surface area contributed by atoms with Gasteiger partial charge in [-0.25, -0.2) is 8.78 Å². The van der Waals surface area contributed by atoms with Crippen molar-refractivity contribution in [2.45, 2.75) is 25.5 Å². The number of rotatable bonds is 9. The summed E-state index contributed by atoms with van der Waals surface area (Å²) in [5.74, 6) is -2.30. The Labute approximate surface area is 196 Å². The lowest BCUT2D eigenvalue weighted by molar-refractivity contribution is -0.133. The fourth-order valence-electron chi connectivity index (χ4n) is 3.45. The van der Waals surface area contributed by atoms with Gasteiger partial charge in [-0.1, -0.05) is 48.5 Å². The van der Waals surface area contributed by atoms with E-state index >= 15 is 8.78 Å². The molecule has 0 aliphatic rings. The average molecular weight is 472 g/mol. The lowest BCUT2D eigenvalue weighted by Gasteiger charge is -2.19. The highest BCUT2D eigenvalue weighted by atomic mass is 35.5. The van der Waals surface area contributed by atoms with Crippen molar-refractivity contribution in [3.63, 3.8) is 0 Å². The number of amides is 1. The Morgan fingerprint density at radius 2 is 1.76 bits per heavy atom. The van der Waals surface area contributed by atoms with Gasteiger partial charge in [0, 0.05) is 24.6 Å². The first-order valence-corrected chi connectivity index (χ1v) is 10.8. The average Bonchev–Trinajstić information content (AvgIpc) is 2.81. The van der Waals surface area contributed by atoms with E-state index in [0.29, 0.717) is 16.7 Å². The Hall–Kier alpha value is -3.29. The molecular formula is C25H24ClF2N3O2. The molecule has 8 heteroatoms. The van der Waals surface area contributed by atoms with Crippen LogP contribution in [-0.2, 0) is 22.0 Å². The third-order valence-corrected chi connectivity index (χ3v) is 5.40. The molecule has 0 spiro atoms. The maximum Gasteiger partial charge on any atom is 0.254 e. The first-order chi connectivity index (χ1) is 15.8. The zero-order valence-electron chi connectivity index (χ0n) is 18.0. The van der Waals surface area contributed by atoms with E-state index in [1.54, 1.807) is 55.5 Å². The minimum absolute atomic E-state index is 0.0648. The molecule has 5 nitrogen and oxygen atoms in total. The van der Waals surface area contributed by atoms with Crippen LogP contribution in [0.25, 0.3) is 11.1 Å². The molecule has 0 aromatic heterocycles. The van der Waals surface area contributed by atoms with Gasteiger partial charge in [-0.2, -0.15) is 0 Å². The van der Waals surface area contributed by atoms with Crippen molar-refractivity contribution in [3.05, 3.63) is 94.6 Å². The van der Waals surface area contributed by atoms with Crippen LogP contribution >= 0.6 is 11.6 Å². The summed E-state index contributed by atoms with van der Waals surface area (Å²) in [6.45, 7) is 1.84. The molecule has 1 amide bonds. The van der Waals surface area contributed by atoms with Gasteiger partial charge in [0.2, 0.25) is 0 Å². The molecule has 0 radical (unpaired) electrons. The standard InChI is InChI=1S/C25H24ClF2N3O2/c1-2-33-23(25(32)31-14-15-7-9-16(10-8-15)24(29)30)22-20(27)11-18(12-21(22)28)19-6-4-3-5-17(19)13-26/h3-12,23H,2,13-14H2,1H3,(H3,29,30)(H,31,32)/t23-/m0/s1. The Morgan fingerprint density at radius 3 is 2.33 bits per heavy atom. The molecule has 0 bridgehead atoms. The molecule has 3 aromatic rings. The monoisotopic (exact) mass is 471 g/mol. The number of hydrogen-bond donors (Lipinski definition) is 3. The number of alkyl halides is 1. The zero-order valence-corrected chi connectivity index (χ0v) is 18.8. The van der Waals surface area contributed by atoms with Gasteiger partial charge >= 0.3 is 0 Å². The molecule has 0 unspecified atom stereocenters. The number of hydrogen-bond acceptors (Lipinski definition) is 3. The molecule has 1 atom stereocenters. The Balaban J connectivity index is 1.84. The van der Waals surface area contributed by atoms with Crippen molar-refractivity contribution in [2.24, 2.45) is 5.73 Å².